The van der Waals surface area contributed by atoms with Gasteiger partial charge in [-0.15, -0.1) is 0 Å². The van der Waals surface area contributed by atoms with Gasteiger partial charge in [0.2, 0.25) is 11.8 Å². The molecule has 0 saturated heterocycles. The van der Waals surface area contributed by atoms with Crippen LogP contribution in [0.4, 0.5) is 4.79 Å². The van der Waals surface area contributed by atoms with Gasteiger partial charge in [-0.1, -0.05) is 121 Å². The van der Waals surface area contributed by atoms with Crippen LogP contribution in [0.15, 0.2) is 121 Å². The van der Waals surface area contributed by atoms with E-state index in [4.69, 9.17) is 9.47 Å². The lowest BCUT2D eigenvalue weighted by Crippen LogP contribution is -2.56. The van der Waals surface area contributed by atoms with Crippen molar-refractivity contribution in [2.75, 3.05) is 0 Å². The fourth-order valence-electron chi connectivity index (χ4n) is 4.51. The zero-order valence-electron chi connectivity index (χ0n) is 25.1. The second kappa shape index (κ2) is 17.0. The molecule has 232 valence electrons. The minimum Gasteiger partial charge on any atom is -0.459 e. The van der Waals surface area contributed by atoms with Gasteiger partial charge in [0.1, 0.15) is 31.3 Å². The molecule has 0 saturated carbocycles. The first-order valence-electron chi connectivity index (χ1n) is 14.7. The van der Waals surface area contributed by atoms with Crippen molar-refractivity contribution in [3.8, 4) is 0 Å². The molecule has 0 bridgehead atoms. The van der Waals surface area contributed by atoms with Crippen LogP contribution in [0.5, 0.6) is 0 Å². The molecule has 0 radical (unpaired) electrons. The van der Waals surface area contributed by atoms with E-state index in [9.17, 15) is 19.2 Å². The number of esters is 1. The van der Waals surface area contributed by atoms with Crippen LogP contribution in [-0.2, 0) is 49.9 Å². The lowest BCUT2D eigenvalue weighted by molar-refractivity contribution is -0.149. The zero-order chi connectivity index (χ0) is 31.9. The van der Waals surface area contributed by atoms with E-state index >= 15 is 0 Å². The molecule has 0 unspecified atom stereocenters. The third-order valence-corrected chi connectivity index (χ3v) is 6.96. The first-order chi connectivity index (χ1) is 21.9. The SMILES string of the molecule is C[C@H](NC(=O)OCc1ccccc1)C(=O)N[C@H](Cc1ccccc1)C(=O)N[C@@H](Cc1ccccc1)C(=O)OCc1ccccc1. The highest BCUT2D eigenvalue weighted by Crippen LogP contribution is 2.10. The van der Waals surface area contributed by atoms with Crippen LogP contribution in [0.2, 0.25) is 0 Å². The number of nitrogens with one attached hydrogen (secondary N) is 3. The molecule has 0 heterocycles. The Hall–Kier alpha value is -5.44. The summed E-state index contributed by atoms with van der Waals surface area (Å²) < 4.78 is 10.8. The van der Waals surface area contributed by atoms with Crippen LogP contribution in [-0.4, -0.2) is 42.0 Å². The number of ether oxygens (including phenoxy) is 2. The van der Waals surface area contributed by atoms with Crippen LogP contribution in [0.1, 0.15) is 29.2 Å². The number of carbonyl (C=O) groups excluding carboxylic acids is 4. The van der Waals surface area contributed by atoms with Crippen molar-refractivity contribution < 1.29 is 28.7 Å². The highest BCUT2D eigenvalue weighted by atomic mass is 16.5. The number of carbonyl (C=O) groups is 4. The number of amides is 3. The van der Waals surface area contributed by atoms with Crippen molar-refractivity contribution in [1.29, 1.82) is 0 Å². The van der Waals surface area contributed by atoms with E-state index in [1.54, 1.807) is 0 Å². The molecule has 3 atom stereocenters. The molecule has 3 N–H and O–H groups in total. The second-order valence-corrected chi connectivity index (χ2v) is 10.5. The smallest absolute Gasteiger partial charge is 0.408 e. The summed E-state index contributed by atoms with van der Waals surface area (Å²) in [6, 6.07) is 33.8. The Balaban J connectivity index is 1.43. The van der Waals surface area contributed by atoms with E-state index in [1.165, 1.54) is 6.92 Å². The fourth-order valence-corrected chi connectivity index (χ4v) is 4.51. The molecule has 0 aliphatic heterocycles. The molecule has 9 heteroatoms. The lowest BCUT2D eigenvalue weighted by Gasteiger charge is -2.24. The van der Waals surface area contributed by atoms with Crippen LogP contribution in [0, 0.1) is 0 Å². The molecule has 0 spiro atoms. The Labute approximate surface area is 263 Å². The first kappa shape index (κ1) is 32.5. The van der Waals surface area contributed by atoms with Gasteiger partial charge in [-0.25, -0.2) is 9.59 Å². The van der Waals surface area contributed by atoms with E-state index in [-0.39, 0.29) is 26.1 Å². The van der Waals surface area contributed by atoms with Crippen molar-refractivity contribution in [2.45, 2.75) is 51.1 Å². The normalized spacial score (nSPS) is 12.6. The third-order valence-electron chi connectivity index (χ3n) is 6.96. The molecule has 3 amide bonds. The Bertz CT molecular complexity index is 1520. The van der Waals surface area contributed by atoms with E-state index < -0.39 is 42.0 Å². The molecule has 0 aliphatic carbocycles. The summed E-state index contributed by atoms with van der Waals surface area (Å²) in [7, 11) is 0. The average molecular weight is 608 g/mol. The Kier molecular flexibility index (Phi) is 12.3. The van der Waals surface area contributed by atoms with Gasteiger partial charge in [0.25, 0.3) is 0 Å². The number of alkyl carbamates (subject to hydrolysis) is 1. The van der Waals surface area contributed by atoms with E-state index in [2.05, 4.69) is 16.0 Å². The van der Waals surface area contributed by atoms with Crippen LogP contribution in [0.3, 0.4) is 0 Å². The maximum Gasteiger partial charge on any atom is 0.408 e. The molecular weight excluding hydrogens is 570 g/mol. The van der Waals surface area contributed by atoms with Gasteiger partial charge in [0, 0.05) is 12.8 Å². The molecule has 45 heavy (non-hydrogen) atoms. The van der Waals surface area contributed by atoms with Crippen LogP contribution in [0.25, 0.3) is 0 Å². The maximum absolute atomic E-state index is 13.7. The molecule has 4 rings (SSSR count). The third kappa shape index (κ3) is 11.0. The van der Waals surface area contributed by atoms with Gasteiger partial charge in [0.15, 0.2) is 0 Å². The van der Waals surface area contributed by atoms with Crippen molar-refractivity contribution in [3.05, 3.63) is 144 Å². The summed E-state index contributed by atoms with van der Waals surface area (Å²) in [6.07, 6.45) is -0.423. The van der Waals surface area contributed by atoms with Crippen LogP contribution < -0.4 is 16.0 Å². The molecule has 0 aromatic heterocycles. The summed E-state index contributed by atoms with van der Waals surface area (Å²) in [5, 5.41) is 8.05. The van der Waals surface area contributed by atoms with Crippen LogP contribution >= 0.6 is 0 Å². The molecule has 0 aliphatic rings. The standard InChI is InChI=1S/C36H37N3O6/c1-26(37-36(43)45-25-30-20-12-5-13-21-30)33(40)38-31(22-27-14-6-2-7-15-27)34(41)39-32(23-28-16-8-3-9-17-28)35(42)44-24-29-18-10-4-11-19-29/h2-21,26,31-32H,22-25H2,1H3,(H,37,43)(H,38,40)(H,39,41)/t26-,31+,32-/m0/s1. The van der Waals surface area contributed by atoms with Crippen molar-refractivity contribution in [2.24, 2.45) is 0 Å². The van der Waals surface area contributed by atoms with Gasteiger partial charge in [-0.2, -0.15) is 0 Å². The minimum atomic E-state index is -1.05. The Morgan fingerprint density at radius 2 is 0.911 bits per heavy atom. The van der Waals surface area contributed by atoms with Crippen molar-refractivity contribution in [3.63, 3.8) is 0 Å². The molecule has 0 fully saturated rings. The number of hydrogen-bond acceptors (Lipinski definition) is 6. The summed E-state index contributed by atoms with van der Waals surface area (Å²) in [4.78, 5) is 52.5. The topological polar surface area (TPSA) is 123 Å². The Morgan fingerprint density at radius 3 is 1.40 bits per heavy atom. The van der Waals surface area contributed by atoms with Crippen molar-refractivity contribution >= 4 is 23.9 Å². The molecular formula is C36H37N3O6. The number of benzene rings is 4. The largest absolute Gasteiger partial charge is 0.459 e. The summed E-state index contributed by atoms with van der Waals surface area (Å²) in [5.74, 6) is -1.75. The number of rotatable bonds is 14. The highest BCUT2D eigenvalue weighted by molar-refractivity contribution is 5.93. The maximum atomic E-state index is 13.7. The quantitative estimate of drug-likeness (QED) is 0.182. The first-order valence-corrected chi connectivity index (χ1v) is 14.7. The van der Waals surface area contributed by atoms with E-state index in [0.717, 1.165) is 22.3 Å². The average Bonchev–Trinajstić information content (AvgIpc) is 3.07. The fraction of sp³-hybridized carbons (Fsp3) is 0.222. The zero-order valence-corrected chi connectivity index (χ0v) is 25.1. The predicted molar refractivity (Wildman–Crippen MR) is 170 cm³/mol. The van der Waals surface area contributed by atoms with Gasteiger partial charge in [-0.3, -0.25) is 9.59 Å². The van der Waals surface area contributed by atoms with Crippen molar-refractivity contribution in [1.82, 2.24) is 16.0 Å². The predicted octanol–water partition coefficient (Wildman–Crippen LogP) is 4.50. The van der Waals surface area contributed by atoms with Gasteiger partial charge in [-0.05, 0) is 29.2 Å². The van der Waals surface area contributed by atoms with Gasteiger partial charge < -0.3 is 25.4 Å². The minimum absolute atomic E-state index is 0.0449. The van der Waals surface area contributed by atoms with Gasteiger partial charge >= 0.3 is 12.1 Å². The molecule has 4 aromatic rings. The lowest BCUT2D eigenvalue weighted by atomic mass is 10.0. The monoisotopic (exact) mass is 607 g/mol. The molecule has 4 aromatic carbocycles. The Morgan fingerprint density at radius 1 is 0.511 bits per heavy atom. The second-order valence-electron chi connectivity index (χ2n) is 10.5. The van der Waals surface area contributed by atoms with E-state index in [0.29, 0.717) is 0 Å². The van der Waals surface area contributed by atoms with Gasteiger partial charge in [0.05, 0.1) is 0 Å². The number of hydrogen-bond donors (Lipinski definition) is 3. The summed E-state index contributed by atoms with van der Waals surface area (Å²) in [6.45, 7) is 1.59. The highest BCUT2D eigenvalue weighted by Gasteiger charge is 2.30. The molecule has 9 nitrogen and oxygen atoms in total. The van der Waals surface area contributed by atoms with E-state index in [1.807, 2.05) is 121 Å². The summed E-state index contributed by atoms with van der Waals surface area (Å²) in [5.41, 5.74) is 3.24. The summed E-state index contributed by atoms with van der Waals surface area (Å²) >= 11 is 0.